The van der Waals surface area contributed by atoms with Crippen molar-refractivity contribution < 1.29 is 15.0 Å². The molecule has 0 atom stereocenters. The van der Waals surface area contributed by atoms with E-state index in [1.54, 1.807) is 6.92 Å². The third-order valence-corrected chi connectivity index (χ3v) is 1.46. The minimum Gasteiger partial charge on any atom is -0.395 e. The highest BCUT2D eigenvalue weighted by molar-refractivity contribution is 5.74. The van der Waals surface area contributed by atoms with Crippen LogP contribution in [-0.2, 0) is 4.79 Å². The maximum Gasteiger partial charge on any atom is 0.129 e. The molecule has 4 heteroatoms. The van der Waals surface area contributed by atoms with Crippen molar-refractivity contribution >= 4 is 5.78 Å². The molecule has 0 amide bonds. The summed E-state index contributed by atoms with van der Waals surface area (Å²) in [4.78, 5) is 11.7. The van der Waals surface area contributed by atoms with Gasteiger partial charge in [-0.05, 0) is 14.0 Å². The fraction of sp³-hybridized carbons (Fsp3) is 0.889. The molecule has 0 aliphatic rings. The van der Waals surface area contributed by atoms with Gasteiger partial charge in [0.2, 0.25) is 0 Å². The van der Waals surface area contributed by atoms with Gasteiger partial charge in [0.05, 0.1) is 13.2 Å². The molecule has 0 heterocycles. The molecule has 0 saturated heterocycles. The molecule has 0 bridgehead atoms. The zero-order valence-electron chi connectivity index (χ0n) is 8.79. The average molecular weight is 191 g/mol. The molecule has 4 nitrogen and oxygen atoms in total. The van der Waals surface area contributed by atoms with Crippen LogP contribution in [0, 0.1) is 0 Å². The van der Waals surface area contributed by atoms with E-state index in [9.17, 15) is 4.79 Å². The molecule has 0 aromatic heterocycles. The van der Waals surface area contributed by atoms with Crippen LogP contribution in [0.4, 0.5) is 0 Å². The number of carbonyl (C=O) groups excluding carboxylic acids is 1. The summed E-state index contributed by atoms with van der Waals surface area (Å²) < 4.78 is 0. The molecular weight excluding hydrogens is 170 g/mol. The predicted octanol–water partition coefficient (Wildman–Crippen LogP) is -0.112. The molecular formula is C9H21NO3. The number of ketones is 1. The number of rotatable bonds is 5. The second kappa shape index (κ2) is 11.6. The van der Waals surface area contributed by atoms with Crippen LogP contribution in [0.5, 0.6) is 0 Å². The Morgan fingerprint density at radius 1 is 1.23 bits per heavy atom. The first-order valence-electron chi connectivity index (χ1n) is 4.48. The fourth-order valence-electron chi connectivity index (χ4n) is 0.453. The van der Waals surface area contributed by atoms with E-state index in [1.165, 1.54) is 0 Å². The lowest BCUT2D eigenvalue weighted by atomic mass is 10.4. The molecule has 13 heavy (non-hydrogen) atoms. The van der Waals surface area contributed by atoms with Crippen LogP contribution >= 0.6 is 0 Å². The zero-order chi connectivity index (χ0) is 10.7. The zero-order valence-corrected chi connectivity index (χ0v) is 8.79. The molecule has 0 spiro atoms. The summed E-state index contributed by atoms with van der Waals surface area (Å²) in [5, 5.41) is 16.7. The van der Waals surface area contributed by atoms with Gasteiger partial charge < -0.3 is 19.9 Å². The Balaban J connectivity index is 0. The van der Waals surface area contributed by atoms with Crippen molar-refractivity contribution in [2.75, 3.05) is 33.4 Å². The van der Waals surface area contributed by atoms with Gasteiger partial charge >= 0.3 is 0 Å². The summed E-state index contributed by atoms with van der Waals surface area (Å²) in [6.45, 7) is 5.04. The van der Waals surface area contributed by atoms with Gasteiger partial charge in [0.1, 0.15) is 5.78 Å². The fourth-order valence-corrected chi connectivity index (χ4v) is 0.453. The molecule has 80 valence electrons. The molecule has 0 aliphatic carbocycles. The van der Waals surface area contributed by atoms with Gasteiger partial charge in [0, 0.05) is 19.5 Å². The summed E-state index contributed by atoms with van der Waals surface area (Å²) in [5.41, 5.74) is 0. The van der Waals surface area contributed by atoms with Crippen LogP contribution in [0.15, 0.2) is 0 Å². The van der Waals surface area contributed by atoms with Crippen LogP contribution in [0.3, 0.4) is 0 Å². The van der Waals surface area contributed by atoms with Crippen molar-refractivity contribution in [2.24, 2.45) is 0 Å². The summed E-state index contributed by atoms with van der Waals surface area (Å²) >= 11 is 0. The SMILES string of the molecule is CCC(C)=O.CN(CCO)CCO. The van der Waals surface area contributed by atoms with Gasteiger partial charge in [-0.25, -0.2) is 0 Å². The first-order valence-corrected chi connectivity index (χ1v) is 4.48. The summed E-state index contributed by atoms with van der Waals surface area (Å²) in [6.07, 6.45) is 0.667. The summed E-state index contributed by atoms with van der Waals surface area (Å²) in [7, 11) is 1.85. The maximum atomic E-state index is 9.81. The molecule has 0 rings (SSSR count). The number of aliphatic hydroxyl groups is 2. The number of Topliss-reactive ketones (excluding diaryl/α,β-unsaturated/α-hetero) is 1. The minimum atomic E-state index is 0.163. The predicted molar refractivity (Wildman–Crippen MR) is 52.6 cm³/mol. The lowest BCUT2D eigenvalue weighted by Gasteiger charge is -2.11. The number of nitrogens with zero attached hydrogens (tertiary/aromatic N) is 1. The molecule has 0 aromatic rings. The Hall–Kier alpha value is -0.450. The highest BCUT2D eigenvalue weighted by Crippen LogP contribution is 1.76. The van der Waals surface area contributed by atoms with Crippen LogP contribution < -0.4 is 0 Å². The maximum absolute atomic E-state index is 9.81. The van der Waals surface area contributed by atoms with Gasteiger partial charge in [0.25, 0.3) is 0 Å². The van der Waals surface area contributed by atoms with Crippen molar-refractivity contribution in [1.82, 2.24) is 4.90 Å². The van der Waals surface area contributed by atoms with Crippen LogP contribution in [0.2, 0.25) is 0 Å². The number of likely N-dealkylation sites (N-methyl/N-ethyl adjacent to an activating group) is 1. The van der Waals surface area contributed by atoms with E-state index in [0.29, 0.717) is 19.5 Å². The largest absolute Gasteiger partial charge is 0.395 e. The Labute approximate surface area is 80.2 Å². The quantitative estimate of drug-likeness (QED) is 0.636. The lowest BCUT2D eigenvalue weighted by Crippen LogP contribution is -2.25. The van der Waals surface area contributed by atoms with Crippen LogP contribution in [0.1, 0.15) is 20.3 Å². The second-order valence-corrected chi connectivity index (χ2v) is 2.81. The number of aliphatic hydroxyl groups excluding tert-OH is 2. The van der Waals surface area contributed by atoms with Crippen LogP contribution in [0.25, 0.3) is 0 Å². The topological polar surface area (TPSA) is 60.8 Å². The lowest BCUT2D eigenvalue weighted by molar-refractivity contribution is -0.116. The number of carbonyl (C=O) groups is 1. The van der Waals surface area contributed by atoms with Gasteiger partial charge in [-0.2, -0.15) is 0 Å². The second-order valence-electron chi connectivity index (χ2n) is 2.81. The summed E-state index contributed by atoms with van der Waals surface area (Å²) in [6, 6.07) is 0. The van der Waals surface area contributed by atoms with Gasteiger partial charge in [-0.1, -0.05) is 6.92 Å². The Morgan fingerprint density at radius 2 is 1.54 bits per heavy atom. The molecule has 0 radical (unpaired) electrons. The van der Waals surface area contributed by atoms with E-state index in [1.807, 2.05) is 18.9 Å². The van der Waals surface area contributed by atoms with Crippen molar-refractivity contribution in [3.8, 4) is 0 Å². The van der Waals surface area contributed by atoms with Crippen molar-refractivity contribution in [1.29, 1.82) is 0 Å². The monoisotopic (exact) mass is 191 g/mol. The molecule has 2 N–H and O–H groups in total. The standard InChI is InChI=1S/C5H13NO2.C4H8O/c1-6(2-4-7)3-5-8;1-3-4(2)5/h7-8H,2-5H2,1H3;3H2,1-2H3. The van der Waals surface area contributed by atoms with E-state index in [2.05, 4.69) is 0 Å². The highest BCUT2D eigenvalue weighted by atomic mass is 16.3. The van der Waals surface area contributed by atoms with Gasteiger partial charge in [-0.15, -0.1) is 0 Å². The van der Waals surface area contributed by atoms with E-state index >= 15 is 0 Å². The Bertz CT molecular complexity index is 111. The van der Waals surface area contributed by atoms with E-state index < -0.39 is 0 Å². The van der Waals surface area contributed by atoms with Crippen LogP contribution in [-0.4, -0.2) is 54.2 Å². The molecule has 0 fully saturated rings. The average Bonchev–Trinajstić information content (AvgIpc) is 2.06. The smallest absolute Gasteiger partial charge is 0.129 e. The van der Waals surface area contributed by atoms with E-state index in [-0.39, 0.29) is 19.0 Å². The van der Waals surface area contributed by atoms with Crippen molar-refractivity contribution in [3.63, 3.8) is 0 Å². The van der Waals surface area contributed by atoms with Crippen molar-refractivity contribution in [2.45, 2.75) is 20.3 Å². The minimum absolute atomic E-state index is 0.163. The number of hydrogen-bond acceptors (Lipinski definition) is 4. The highest BCUT2D eigenvalue weighted by Gasteiger charge is 1.91. The third kappa shape index (κ3) is 18.5. The molecule has 0 unspecified atom stereocenters. The van der Waals surface area contributed by atoms with Crippen molar-refractivity contribution in [3.05, 3.63) is 0 Å². The van der Waals surface area contributed by atoms with Gasteiger partial charge in [-0.3, -0.25) is 0 Å². The molecule has 0 aliphatic heterocycles. The molecule has 0 aromatic carbocycles. The first-order chi connectivity index (χ1) is 6.08. The number of hydrogen-bond donors (Lipinski definition) is 2. The van der Waals surface area contributed by atoms with E-state index in [0.717, 1.165) is 0 Å². The normalized spacial score (nSPS) is 9.38. The Morgan fingerprint density at radius 3 is 1.69 bits per heavy atom. The first kappa shape index (κ1) is 15.0. The third-order valence-electron chi connectivity index (χ3n) is 1.46. The van der Waals surface area contributed by atoms with E-state index in [4.69, 9.17) is 10.2 Å². The molecule has 0 saturated carbocycles. The summed E-state index contributed by atoms with van der Waals surface area (Å²) in [5.74, 6) is 0.255. The Kier molecular flexibility index (Phi) is 13.4. The van der Waals surface area contributed by atoms with Gasteiger partial charge in [0.15, 0.2) is 0 Å².